The number of nitrogen functional groups attached to an aromatic ring is 1. The summed E-state index contributed by atoms with van der Waals surface area (Å²) in [5, 5.41) is 19.1. The molecule has 4 aromatic carbocycles. The molecule has 0 radical (unpaired) electrons. The lowest BCUT2D eigenvalue weighted by molar-refractivity contribution is -0.137. The van der Waals surface area contributed by atoms with Crippen molar-refractivity contribution in [3.05, 3.63) is 119 Å². The topological polar surface area (TPSA) is 102 Å². The lowest BCUT2D eigenvalue weighted by atomic mass is 10.0. The average Bonchev–Trinajstić information content (AvgIpc) is 2.90. The van der Waals surface area contributed by atoms with Gasteiger partial charge in [0.1, 0.15) is 28.9 Å². The van der Waals surface area contributed by atoms with Crippen molar-refractivity contribution < 1.29 is 37.7 Å². The van der Waals surface area contributed by atoms with Crippen molar-refractivity contribution >= 4 is 11.7 Å². The van der Waals surface area contributed by atoms with E-state index in [0.717, 1.165) is 29.3 Å². The molecule has 0 aliphatic heterocycles. The van der Waals surface area contributed by atoms with Gasteiger partial charge in [-0.2, -0.15) is 13.2 Å². The average molecular weight is 511 g/mol. The molecule has 9 heteroatoms. The van der Waals surface area contributed by atoms with Crippen molar-refractivity contribution in [3.8, 4) is 17.2 Å². The molecule has 0 saturated carbocycles. The van der Waals surface area contributed by atoms with E-state index in [1.165, 1.54) is 25.3 Å². The van der Waals surface area contributed by atoms with Gasteiger partial charge in [0.2, 0.25) is 0 Å². The Hall–Kier alpha value is -4.50. The molecule has 0 bridgehead atoms. The van der Waals surface area contributed by atoms with Crippen LogP contribution in [0.5, 0.6) is 17.2 Å². The van der Waals surface area contributed by atoms with Gasteiger partial charge in [-0.1, -0.05) is 60.7 Å². The maximum atomic E-state index is 12.6. The monoisotopic (exact) mass is 511 g/mol. The van der Waals surface area contributed by atoms with E-state index >= 15 is 0 Å². The second-order valence-electron chi connectivity index (χ2n) is 7.74. The van der Waals surface area contributed by atoms with Crippen LogP contribution in [0.1, 0.15) is 33.2 Å². The van der Waals surface area contributed by atoms with E-state index in [-0.39, 0.29) is 22.7 Å². The summed E-state index contributed by atoms with van der Waals surface area (Å²) in [5.74, 6) is -1.11. The summed E-state index contributed by atoms with van der Waals surface area (Å²) < 4.78 is 48.1. The highest BCUT2D eigenvalue weighted by Gasteiger charge is 2.31. The smallest absolute Gasteiger partial charge is 0.416 e. The van der Waals surface area contributed by atoms with Crippen LogP contribution in [0.2, 0.25) is 0 Å². The number of benzene rings is 4. The number of carboxylic acid groups (broad SMARTS) is 1. The van der Waals surface area contributed by atoms with Gasteiger partial charge in [-0.05, 0) is 41.5 Å². The summed E-state index contributed by atoms with van der Waals surface area (Å²) in [4.78, 5) is 11.2. The van der Waals surface area contributed by atoms with E-state index in [0.29, 0.717) is 5.75 Å². The molecule has 37 heavy (non-hydrogen) atoms. The Bertz CT molecular complexity index is 1290. The molecule has 0 spiro atoms. The Morgan fingerprint density at radius 1 is 0.838 bits per heavy atom. The number of carboxylic acids is 1. The lowest BCUT2D eigenvalue weighted by Gasteiger charge is -2.14. The third-order valence-electron chi connectivity index (χ3n) is 5.21. The molecule has 0 heterocycles. The number of aromatic carboxylic acids is 1. The van der Waals surface area contributed by atoms with Crippen LogP contribution < -0.4 is 15.2 Å². The molecule has 4 aromatic rings. The Morgan fingerprint density at radius 2 is 1.41 bits per heavy atom. The minimum atomic E-state index is -4.53. The van der Waals surface area contributed by atoms with Gasteiger partial charge in [-0.15, -0.1) is 0 Å². The normalized spacial score (nSPS) is 10.9. The van der Waals surface area contributed by atoms with E-state index in [9.17, 15) is 23.1 Å². The fourth-order valence-electron chi connectivity index (χ4n) is 3.29. The van der Waals surface area contributed by atoms with Crippen molar-refractivity contribution in [3.63, 3.8) is 0 Å². The van der Waals surface area contributed by atoms with Crippen LogP contribution in [0, 0.1) is 0 Å². The van der Waals surface area contributed by atoms with Crippen LogP contribution in [-0.4, -0.2) is 23.3 Å². The molecule has 0 fully saturated rings. The quantitative estimate of drug-likeness (QED) is 0.254. The highest BCUT2D eigenvalue weighted by Crippen LogP contribution is 2.37. The molecule has 0 aromatic heterocycles. The first kappa shape index (κ1) is 27.1. The Balaban J connectivity index is 0.000000231. The largest absolute Gasteiger partial charge is 0.497 e. The van der Waals surface area contributed by atoms with E-state index in [2.05, 4.69) is 0 Å². The fraction of sp³-hybridized carbons (Fsp3) is 0.107. The summed E-state index contributed by atoms with van der Waals surface area (Å²) >= 11 is 0. The van der Waals surface area contributed by atoms with Gasteiger partial charge >= 0.3 is 12.1 Å². The third kappa shape index (κ3) is 7.25. The predicted octanol–water partition coefficient (Wildman–Crippen LogP) is 6.56. The molecule has 0 aliphatic rings. The Labute approximate surface area is 211 Å². The lowest BCUT2D eigenvalue weighted by Crippen LogP contribution is -2.06. The van der Waals surface area contributed by atoms with E-state index in [1.807, 2.05) is 60.7 Å². The second-order valence-corrected chi connectivity index (χ2v) is 7.74. The Morgan fingerprint density at radius 3 is 1.86 bits per heavy atom. The van der Waals surface area contributed by atoms with Gasteiger partial charge in [-0.25, -0.2) is 4.79 Å². The second kappa shape index (κ2) is 12.0. The fourth-order valence-corrected chi connectivity index (χ4v) is 3.29. The van der Waals surface area contributed by atoms with Crippen LogP contribution >= 0.6 is 0 Å². The number of hydrogen-bond acceptors (Lipinski definition) is 5. The number of nitrogens with two attached hydrogens (primary N) is 1. The molecule has 0 aliphatic carbocycles. The zero-order valence-electron chi connectivity index (χ0n) is 19.6. The number of hydrogen-bond donors (Lipinski definition) is 3. The summed E-state index contributed by atoms with van der Waals surface area (Å²) in [6, 6.07) is 25.9. The van der Waals surface area contributed by atoms with Gasteiger partial charge in [0.15, 0.2) is 0 Å². The summed E-state index contributed by atoms with van der Waals surface area (Å²) in [5.41, 5.74) is 6.05. The van der Waals surface area contributed by atoms with Crippen molar-refractivity contribution in [2.24, 2.45) is 0 Å². The van der Waals surface area contributed by atoms with E-state index in [4.69, 9.17) is 20.3 Å². The molecular weight excluding hydrogens is 487 g/mol. The van der Waals surface area contributed by atoms with Crippen LogP contribution in [0.25, 0.3) is 0 Å². The zero-order chi connectivity index (χ0) is 27.0. The number of ether oxygens (including phenoxy) is 2. The van der Waals surface area contributed by atoms with Gasteiger partial charge in [0, 0.05) is 6.07 Å². The number of aliphatic hydroxyl groups excluding tert-OH is 1. The zero-order valence-corrected chi connectivity index (χ0v) is 19.6. The molecule has 0 amide bonds. The number of alkyl halides is 3. The standard InChI is InChI=1S/C15H12F3NO4.C13H12O/c1-22-9-3-4-10(14(20)21)13(7-9)23-12-5-2-8(6-11(12)19)15(16,17)18;14-13(11-7-3-1-4-8-11)12-9-5-2-6-10-12/h2-7H,19H2,1H3,(H,20,21);1-10,13-14H. The first-order chi connectivity index (χ1) is 17.6. The maximum absolute atomic E-state index is 12.6. The number of anilines is 1. The first-order valence-electron chi connectivity index (χ1n) is 10.9. The van der Waals surface area contributed by atoms with Crippen molar-refractivity contribution in [2.75, 3.05) is 12.8 Å². The number of carbonyl (C=O) groups is 1. The van der Waals surface area contributed by atoms with Crippen LogP contribution in [-0.2, 0) is 6.18 Å². The molecule has 0 atom stereocenters. The van der Waals surface area contributed by atoms with Crippen LogP contribution in [0.4, 0.5) is 18.9 Å². The van der Waals surface area contributed by atoms with Crippen molar-refractivity contribution in [2.45, 2.75) is 12.3 Å². The highest BCUT2D eigenvalue weighted by molar-refractivity contribution is 5.91. The summed E-state index contributed by atoms with van der Waals surface area (Å²) in [6.45, 7) is 0. The van der Waals surface area contributed by atoms with E-state index in [1.54, 1.807) is 0 Å². The first-order valence-corrected chi connectivity index (χ1v) is 10.9. The third-order valence-corrected chi connectivity index (χ3v) is 5.21. The van der Waals surface area contributed by atoms with Crippen LogP contribution in [0.3, 0.4) is 0 Å². The van der Waals surface area contributed by atoms with Gasteiger partial charge in [0.25, 0.3) is 0 Å². The maximum Gasteiger partial charge on any atom is 0.416 e. The molecule has 0 saturated heterocycles. The van der Waals surface area contributed by atoms with Gasteiger partial charge < -0.3 is 25.4 Å². The molecule has 4 rings (SSSR count). The minimum Gasteiger partial charge on any atom is -0.497 e. The summed E-state index contributed by atoms with van der Waals surface area (Å²) in [6.07, 6.45) is -5.05. The number of rotatable bonds is 6. The highest BCUT2D eigenvalue weighted by atomic mass is 19.4. The number of halogens is 3. The molecule has 4 N–H and O–H groups in total. The minimum absolute atomic E-state index is 0.0891. The predicted molar refractivity (Wildman–Crippen MR) is 133 cm³/mol. The molecule has 6 nitrogen and oxygen atoms in total. The van der Waals surface area contributed by atoms with E-state index < -0.39 is 23.8 Å². The molecular formula is C28H24F3NO5. The summed E-state index contributed by atoms with van der Waals surface area (Å²) in [7, 11) is 1.38. The Kier molecular flexibility index (Phi) is 8.76. The molecule has 0 unspecified atom stereocenters. The van der Waals surface area contributed by atoms with Crippen molar-refractivity contribution in [1.29, 1.82) is 0 Å². The molecule has 192 valence electrons. The number of aliphatic hydroxyl groups is 1. The van der Waals surface area contributed by atoms with Gasteiger partial charge in [0.05, 0.1) is 18.4 Å². The van der Waals surface area contributed by atoms with Crippen LogP contribution in [0.15, 0.2) is 97.1 Å². The van der Waals surface area contributed by atoms with Gasteiger partial charge in [-0.3, -0.25) is 0 Å². The number of methoxy groups -OCH3 is 1. The van der Waals surface area contributed by atoms with Crippen molar-refractivity contribution in [1.82, 2.24) is 0 Å². The SMILES string of the molecule is COc1ccc(C(=O)O)c(Oc2ccc(C(F)(F)F)cc2N)c1.OC(c1ccccc1)c1ccccc1.